The Kier molecular flexibility index (Phi) is 4.89. The number of aromatic nitrogens is 5. The van der Waals surface area contributed by atoms with Crippen molar-refractivity contribution in [2.45, 2.75) is 5.16 Å². The van der Waals surface area contributed by atoms with E-state index in [4.69, 9.17) is 11.6 Å². The van der Waals surface area contributed by atoms with Gasteiger partial charge in [0.15, 0.2) is 5.16 Å². The number of nitrogens with zero attached hydrogens (tertiary/aromatic N) is 5. The molecule has 0 atom stereocenters. The number of amides is 1. The number of hydrogen-bond donors (Lipinski definition) is 1. The van der Waals surface area contributed by atoms with Crippen LogP contribution in [0.5, 0.6) is 0 Å². The lowest BCUT2D eigenvalue weighted by atomic mass is 10.2. The average Bonchev–Trinajstić information content (AvgIpc) is 3.15. The summed E-state index contributed by atoms with van der Waals surface area (Å²) in [6, 6.07) is 7.29. The summed E-state index contributed by atoms with van der Waals surface area (Å²) < 4.78 is 1.75. The summed E-state index contributed by atoms with van der Waals surface area (Å²) in [6.45, 7) is 0. The molecule has 0 spiro atoms. The van der Waals surface area contributed by atoms with E-state index >= 15 is 0 Å². The first kappa shape index (κ1) is 15.9. The molecule has 3 rings (SSSR count). The van der Waals surface area contributed by atoms with E-state index in [0.717, 1.165) is 10.6 Å². The van der Waals surface area contributed by atoms with E-state index in [2.05, 4.69) is 25.7 Å². The molecule has 2 aromatic heterocycles. The largest absolute Gasteiger partial charge is 0.312 e. The highest BCUT2D eigenvalue weighted by Gasteiger charge is 2.11. The molecule has 1 aromatic carbocycles. The Morgan fingerprint density at radius 1 is 1.30 bits per heavy atom. The number of rotatable bonds is 5. The molecule has 7 nitrogen and oxygen atoms in total. The van der Waals surface area contributed by atoms with Crippen molar-refractivity contribution in [2.24, 2.45) is 7.05 Å². The van der Waals surface area contributed by atoms with E-state index in [1.54, 1.807) is 23.0 Å². The second-order valence-corrected chi connectivity index (χ2v) is 6.84. The number of aryl methyl sites for hydroxylation is 1. The minimum atomic E-state index is -0.170. The van der Waals surface area contributed by atoms with Crippen LogP contribution in [0.25, 0.3) is 10.6 Å². The van der Waals surface area contributed by atoms with Gasteiger partial charge in [-0.15, -0.1) is 20.4 Å². The predicted molar refractivity (Wildman–Crippen MR) is 90.7 cm³/mol. The molecular weight excluding hydrogens is 356 g/mol. The van der Waals surface area contributed by atoms with Crippen molar-refractivity contribution in [2.75, 3.05) is 11.1 Å². The van der Waals surface area contributed by atoms with Crippen molar-refractivity contribution in [3.8, 4) is 10.6 Å². The molecule has 0 aliphatic heterocycles. The van der Waals surface area contributed by atoms with Crippen LogP contribution in [-0.4, -0.2) is 36.6 Å². The van der Waals surface area contributed by atoms with Gasteiger partial charge in [-0.05, 0) is 12.1 Å². The standard InChI is InChI=1S/C13H11ClN6OS2/c1-20-7-15-19-13(20)22-6-10(21)16-12-18-17-11(23-12)8-2-4-9(14)5-3-8/h2-5,7H,6H2,1H3,(H,16,18,21). The van der Waals surface area contributed by atoms with Crippen molar-refractivity contribution in [3.63, 3.8) is 0 Å². The fraction of sp³-hybridized carbons (Fsp3) is 0.154. The fourth-order valence-corrected chi connectivity index (χ4v) is 3.25. The Morgan fingerprint density at radius 2 is 2.09 bits per heavy atom. The first-order valence-corrected chi connectivity index (χ1v) is 8.66. The monoisotopic (exact) mass is 366 g/mol. The molecule has 0 radical (unpaired) electrons. The lowest BCUT2D eigenvalue weighted by Crippen LogP contribution is -2.14. The van der Waals surface area contributed by atoms with Crippen LogP contribution in [0.2, 0.25) is 5.02 Å². The third-order valence-corrected chi connectivity index (χ3v) is 4.94. The molecule has 2 heterocycles. The molecule has 0 bridgehead atoms. The van der Waals surface area contributed by atoms with Gasteiger partial charge in [0.05, 0.1) is 5.75 Å². The number of carbonyl (C=O) groups is 1. The fourth-order valence-electron chi connectivity index (χ4n) is 1.67. The second-order valence-electron chi connectivity index (χ2n) is 4.48. The minimum absolute atomic E-state index is 0.170. The topological polar surface area (TPSA) is 85.6 Å². The van der Waals surface area contributed by atoms with Crippen LogP contribution in [0.4, 0.5) is 5.13 Å². The summed E-state index contributed by atoms with van der Waals surface area (Å²) in [5, 5.41) is 21.0. The first-order valence-electron chi connectivity index (χ1n) is 6.48. The van der Waals surface area contributed by atoms with Crippen LogP contribution in [0.1, 0.15) is 0 Å². The maximum atomic E-state index is 11.9. The van der Waals surface area contributed by atoms with Crippen LogP contribution >= 0.6 is 34.7 Å². The lowest BCUT2D eigenvalue weighted by Gasteiger charge is -2.00. The molecule has 3 aromatic rings. The van der Waals surface area contributed by atoms with E-state index in [1.807, 2.05) is 19.2 Å². The smallest absolute Gasteiger partial charge is 0.236 e. The third-order valence-electron chi connectivity index (χ3n) is 2.76. The van der Waals surface area contributed by atoms with Crippen molar-refractivity contribution < 1.29 is 4.79 Å². The summed E-state index contributed by atoms with van der Waals surface area (Å²) in [7, 11) is 1.82. The van der Waals surface area contributed by atoms with Crippen molar-refractivity contribution in [1.82, 2.24) is 25.0 Å². The Labute approximate surface area is 145 Å². The van der Waals surface area contributed by atoms with Crippen LogP contribution in [0.3, 0.4) is 0 Å². The Bertz CT molecular complexity index is 816. The van der Waals surface area contributed by atoms with Crippen molar-refractivity contribution in [3.05, 3.63) is 35.6 Å². The van der Waals surface area contributed by atoms with Gasteiger partial charge < -0.3 is 4.57 Å². The van der Waals surface area contributed by atoms with E-state index in [9.17, 15) is 4.79 Å². The van der Waals surface area contributed by atoms with Gasteiger partial charge in [0.25, 0.3) is 0 Å². The molecule has 0 fully saturated rings. The van der Waals surface area contributed by atoms with Gasteiger partial charge in [0.2, 0.25) is 11.0 Å². The number of nitrogens with one attached hydrogen (secondary N) is 1. The van der Waals surface area contributed by atoms with Crippen LogP contribution in [0, 0.1) is 0 Å². The number of anilines is 1. The maximum Gasteiger partial charge on any atom is 0.236 e. The van der Waals surface area contributed by atoms with E-state index < -0.39 is 0 Å². The number of hydrogen-bond acceptors (Lipinski definition) is 7. The Hall–Kier alpha value is -1.97. The highest BCUT2D eigenvalue weighted by molar-refractivity contribution is 7.99. The van der Waals surface area contributed by atoms with Crippen LogP contribution < -0.4 is 5.32 Å². The number of halogens is 1. The summed E-state index contributed by atoms with van der Waals surface area (Å²) in [6.07, 6.45) is 1.59. The molecule has 10 heteroatoms. The maximum absolute atomic E-state index is 11.9. The number of benzene rings is 1. The van der Waals surface area contributed by atoms with Crippen LogP contribution in [0.15, 0.2) is 35.7 Å². The SMILES string of the molecule is Cn1cnnc1SCC(=O)Nc1nnc(-c2ccc(Cl)cc2)s1. The quantitative estimate of drug-likeness (QED) is 0.699. The first-order chi connectivity index (χ1) is 11.1. The Balaban J connectivity index is 1.59. The van der Waals surface area contributed by atoms with Gasteiger partial charge in [-0.3, -0.25) is 10.1 Å². The van der Waals surface area contributed by atoms with Crippen molar-refractivity contribution in [1.29, 1.82) is 0 Å². The molecule has 0 aliphatic rings. The summed E-state index contributed by atoms with van der Waals surface area (Å²) in [5.74, 6) is 0.0550. The molecule has 0 saturated heterocycles. The number of thioether (sulfide) groups is 1. The lowest BCUT2D eigenvalue weighted by molar-refractivity contribution is -0.113. The molecule has 1 amide bonds. The molecule has 0 saturated carbocycles. The predicted octanol–water partition coefficient (Wildman–Crippen LogP) is 2.72. The molecular formula is C13H11ClN6OS2. The van der Waals surface area contributed by atoms with Crippen molar-refractivity contribution >= 4 is 45.7 Å². The summed E-state index contributed by atoms with van der Waals surface area (Å²) >= 11 is 8.47. The van der Waals surface area contributed by atoms with E-state index in [-0.39, 0.29) is 11.7 Å². The minimum Gasteiger partial charge on any atom is -0.312 e. The highest BCUT2D eigenvalue weighted by atomic mass is 35.5. The van der Waals surface area contributed by atoms with Crippen LogP contribution in [-0.2, 0) is 11.8 Å². The zero-order valence-corrected chi connectivity index (χ0v) is 14.3. The van der Waals surface area contributed by atoms with Gasteiger partial charge in [0.1, 0.15) is 11.3 Å². The van der Waals surface area contributed by atoms with Gasteiger partial charge in [0, 0.05) is 17.6 Å². The van der Waals surface area contributed by atoms with Gasteiger partial charge in [-0.25, -0.2) is 0 Å². The molecule has 0 unspecified atom stereocenters. The molecule has 0 aliphatic carbocycles. The summed E-state index contributed by atoms with van der Waals surface area (Å²) in [5.41, 5.74) is 0.904. The van der Waals surface area contributed by atoms with Gasteiger partial charge in [-0.2, -0.15) is 0 Å². The van der Waals surface area contributed by atoms with Gasteiger partial charge >= 0.3 is 0 Å². The van der Waals surface area contributed by atoms with Gasteiger partial charge in [-0.1, -0.05) is 46.8 Å². The van der Waals surface area contributed by atoms with E-state index in [1.165, 1.54) is 23.1 Å². The zero-order chi connectivity index (χ0) is 16.2. The third kappa shape index (κ3) is 4.06. The normalized spacial score (nSPS) is 10.7. The zero-order valence-electron chi connectivity index (χ0n) is 11.9. The molecule has 23 heavy (non-hydrogen) atoms. The second kappa shape index (κ2) is 7.07. The molecule has 118 valence electrons. The molecule has 1 N–H and O–H groups in total. The average molecular weight is 367 g/mol. The Morgan fingerprint density at radius 3 is 2.78 bits per heavy atom. The highest BCUT2D eigenvalue weighted by Crippen LogP contribution is 2.27. The number of carbonyl (C=O) groups excluding carboxylic acids is 1. The van der Waals surface area contributed by atoms with E-state index in [0.29, 0.717) is 15.3 Å². The summed E-state index contributed by atoms with van der Waals surface area (Å²) in [4.78, 5) is 11.9.